The van der Waals surface area contributed by atoms with E-state index < -0.39 is 161 Å². The van der Waals surface area contributed by atoms with E-state index in [1.165, 1.54) is 26.0 Å². The number of hydrogen-bond donors (Lipinski definition) is 14. The Hall–Kier alpha value is -3.68. The molecule has 4 rings (SSSR count). The Balaban J connectivity index is 1.23. The molecule has 0 aromatic rings. The smallest absolute Gasteiger partial charge is 0.336 e. The van der Waals surface area contributed by atoms with Gasteiger partial charge in [0, 0.05) is 11.1 Å². The van der Waals surface area contributed by atoms with Gasteiger partial charge in [0.15, 0.2) is 12.6 Å². The van der Waals surface area contributed by atoms with Gasteiger partial charge in [-0.15, -0.1) is 0 Å². The predicted molar refractivity (Wildman–Crippen MR) is 227 cm³/mol. The van der Waals surface area contributed by atoms with Crippen LogP contribution < -0.4 is 0 Å². The highest BCUT2D eigenvalue weighted by Crippen LogP contribution is 2.28. The van der Waals surface area contributed by atoms with Crippen molar-refractivity contribution in [1.82, 2.24) is 0 Å². The fraction of sp³-hybridized carbons (Fsp3) is 0.636. The van der Waals surface area contributed by atoms with E-state index in [2.05, 4.69) is 0 Å². The van der Waals surface area contributed by atoms with Gasteiger partial charge >= 0.3 is 11.9 Å². The molecule has 0 aromatic heterocycles. The van der Waals surface area contributed by atoms with Crippen LogP contribution in [0.5, 0.6) is 0 Å². The summed E-state index contributed by atoms with van der Waals surface area (Å²) in [6, 6.07) is 0. The molecule has 68 heavy (non-hydrogen) atoms. The predicted octanol–water partition coefficient (Wildman–Crippen LogP) is -5.23. The van der Waals surface area contributed by atoms with E-state index in [4.69, 9.17) is 37.9 Å². The van der Waals surface area contributed by atoms with Crippen LogP contribution in [0.1, 0.15) is 27.7 Å². The first-order chi connectivity index (χ1) is 32.1. The maximum atomic E-state index is 12.8. The van der Waals surface area contributed by atoms with Crippen molar-refractivity contribution in [1.29, 1.82) is 0 Å². The highest BCUT2D eigenvalue weighted by Gasteiger charge is 2.50. The summed E-state index contributed by atoms with van der Waals surface area (Å²) in [6.07, 6.45) is -16.8. The van der Waals surface area contributed by atoms with Gasteiger partial charge < -0.3 is 109 Å². The summed E-state index contributed by atoms with van der Waals surface area (Å²) in [5.41, 5.74) is 1.68. The summed E-state index contributed by atoms with van der Waals surface area (Å²) in [5.74, 6) is -1.86. The van der Waals surface area contributed by atoms with Crippen LogP contribution in [0.2, 0.25) is 0 Å². The summed E-state index contributed by atoms with van der Waals surface area (Å²) >= 11 is 0. The zero-order valence-electron chi connectivity index (χ0n) is 37.5. The first-order valence-electron chi connectivity index (χ1n) is 21.5. The molecule has 14 N–H and O–H groups in total. The maximum Gasteiger partial charge on any atom is 0.336 e. The molecule has 4 aliphatic heterocycles. The molecule has 0 aromatic carbocycles. The lowest BCUT2D eigenvalue weighted by Gasteiger charge is -2.42. The first-order valence-corrected chi connectivity index (χ1v) is 21.5. The van der Waals surface area contributed by atoms with Gasteiger partial charge in [-0.05, 0) is 27.7 Å². The first kappa shape index (κ1) is 56.9. The Morgan fingerprint density at radius 2 is 0.691 bits per heavy atom. The van der Waals surface area contributed by atoms with Crippen LogP contribution in [-0.2, 0) is 47.5 Å². The van der Waals surface area contributed by atoms with E-state index in [1.807, 2.05) is 0 Å². The average Bonchev–Trinajstić information content (AvgIpc) is 3.31. The lowest BCUT2D eigenvalue weighted by Crippen LogP contribution is -2.61. The van der Waals surface area contributed by atoms with Gasteiger partial charge in [0.05, 0.1) is 26.4 Å². The monoisotopic (exact) mass is 976 g/mol. The lowest BCUT2D eigenvalue weighted by atomic mass is 9.98. The second-order valence-corrected chi connectivity index (χ2v) is 16.5. The van der Waals surface area contributed by atoms with Crippen LogP contribution in [0, 0.1) is 0 Å². The second kappa shape index (κ2) is 26.5. The summed E-state index contributed by atoms with van der Waals surface area (Å²) < 4.78 is 42.7. The van der Waals surface area contributed by atoms with Gasteiger partial charge in [0.2, 0.25) is 12.6 Å². The number of aliphatic hydroxyl groups is 14. The molecule has 4 aliphatic rings. The maximum absolute atomic E-state index is 12.8. The Morgan fingerprint density at radius 3 is 1.01 bits per heavy atom. The van der Waals surface area contributed by atoms with E-state index in [-0.39, 0.29) is 11.1 Å². The summed E-state index contributed by atoms with van der Waals surface area (Å²) in [7, 11) is 0. The van der Waals surface area contributed by atoms with Crippen LogP contribution in [0.3, 0.4) is 0 Å². The molecule has 4 fully saturated rings. The highest BCUT2D eigenvalue weighted by molar-refractivity contribution is 5.88. The third-order valence-electron chi connectivity index (χ3n) is 11.2. The molecule has 4 heterocycles. The molecule has 0 radical (unpaired) electrons. The zero-order valence-corrected chi connectivity index (χ0v) is 37.5. The molecular weight excluding hydrogens is 912 g/mol. The van der Waals surface area contributed by atoms with Crippen LogP contribution in [0.4, 0.5) is 0 Å². The van der Waals surface area contributed by atoms with Crippen LogP contribution in [-0.4, -0.2) is 233 Å². The number of ether oxygens (including phenoxy) is 8. The number of esters is 2. The summed E-state index contributed by atoms with van der Waals surface area (Å²) in [6.45, 7) is 3.80. The van der Waals surface area contributed by atoms with Crippen molar-refractivity contribution in [2.75, 3.05) is 26.4 Å². The third kappa shape index (κ3) is 14.9. The Labute approximate surface area is 390 Å². The molecule has 20 atom stereocenters. The minimum atomic E-state index is -1.86. The van der Waals surface area contributed by atoms with Crippen molar-refractivity contribution in [2.24, 2.45) is 0 Å². The molecule has 4 saturated heterocycles. The number of allylic oxidation sites excluding steroid dienone is 12. The van der Waals surface area contributed by atoms with E-state index in [9.17, 15) is 81.1 Å². The van der Waals surface area contributed by atoms with E-state index in [0.29, 0.717) is 0 Å². The third-order valence-corrected chi connectivity index (χ3v) is 11.2. The quantitative estimate of drug-likeness (QED) is 0.0347. The second-order valence-electron chi connectivity index (χ2n) is 16.5. The molecular formula is C44H64O24. The van der Waals surface area contributed by atoms with Gasteiger partial charge in [-0.3, -0.25) is 0 Å². The topological polar surface area (TPSA) is 391 Å². The average molecular weight is 977 g/mol. The van der Waals surface area contributed by atoms with Crippen LogP contribution in [0.25, 0.3) is 0 Å². The van der Waals surface area contributed by atoms with E-state index in [0.717, 1.165) is 11.1 Å². The van der Waals surface area contributed by atoms with Crippen molar-refractivity contribution in [2.45, 2.75) is 151 Å². The van der Waals surface area contributed by atoms with Crippen molar-refractivity contribution in [3.05, 3.63) is 83.1 Å². The Bertz CT molecular complexity index is 1730. The van der Waals surface area contributed by atoms with Crippen molar-refractivity contribution in [3.63, 3.8) is 0 Å². The van der Waals surface area contributed by atoms with Crippen molar-refractivity contribution >= 4 is 11.9 Å². The van der Waals surface area contributed by atoms with Gasteiger partial charge in [-0.25, -0.2) is 9.59 Å². The highest BCUT2D eigenvalue weighted by atomic mass is 16.8. The number of rotatable bonds is 18. The van der Waals surface area contributed by atoms with E-state index in [1.54, 1.807) is 62.5 Å². The summed E-state index contributed by atoms with van der Waals surface area (Å²) in [5, 5.41) is 142. The Morgan fingerprint density at radius 1 is 0.397 bits per heavy atom. The molecule has 0 bridgehead atoms. The molecule has 24 nitrogen and oxygen atoms in total. The van der Waals surface area contributed by atoms with Crippen LogP contribution in [0.15, 0.2) is 83.1 Å². The number of carbonyl (C=O) groups is 2. The molecule has 24 heteroatoms. The SMILES string of the molecule is CC(C=CC=C(C)C(=O)O[C@@H]1O[C@H](CO[C@@H]2O[C@H](CO)[C@@H](O)[C@H](O)[C@H]2O)[C@@H](O)[C@H](O)[C@H]1O)=C/C=C/C=C(C)/C=C/C=C(C)C(=O)O[C@@H]1O[C@H](CO[C@@H]2O[C@H](CO)[C@@H](O)[C@H](O)[C@H]2O)[C@@H](O)[C@H](O)[C@H]1O. The molecule has 0 unspecified atom stereocenters. The van der Waals surface area contributed by atoms with Gasteiger partial charge in [0.1, 0.15) is 97.7 Å². The molecule has 0 saturated carbocycles. The molecule has 0 amide bonds. The summed E-state index contributed by atoms with van der Waals surface area (Å²) in [4.78, 5) is 25.6. The minimum Gasteiger partial charge on any atom is -0.429 e. The van der Waals surface area contributed by atoms with Gasteiger partial charge in [-0.2, -0.15) is 0 Å². The van der Waals surface area contributed by atoms with E-state index >= 15 is 0 Å². The zero-order chi connectivity index (χ0) is 50.6. The molecule has 384 valence electrons. The molecule has 0 spiro atoms. The number of hydrogen-bond acceptors (Lipinski definition) is 24. The van der Waals surface area contributed by atoms with Gasteiger partial charge in [-0.1, -0.05) is 71.9 Å². The fourth-order valence-corrected chi connectivity index (χ4v) is 6.84. The lowest BCUT2D eigenvalue weighted by molar-refractivity contribution is -0.326. The van der Waals surface area contributed by atoms with Gasteiger partial charge in [0.25, 0.3) is 0 Å². The number of carbonyl (C=O) groups excluding carboxylic acids is 2. The van der Waals surface area contributed by atoms with Crippen molar-refractivity contribution < 1.29 is 119 Å². The fourth-order valence-electron chi connectivity index (χ4n) is 6.84. The number of aliphatic hydroxyl groups excluding tert-OH is 14. The van der Waals surface area contributed by atoms with Crippen LogP contribution >= 0.6 is 0 Å². The minimum absolute atomic E-state index is 0.0726. The largest absolute Gasteiger partial charge is 0.429 e. The van der Waals surface area contributed by atoms with Crippen molar-refractivity contribution in [3.8, 4) is 0 Å². The molecule has 0 aliphatic carbocycles. The normalized spacial score (nSPS) is 40.3. The standard InChI is InChI=1S/C44H64O24/c1-19(11-7-13-21(3)39(59)67-43-37(57)33(53)29(49)25(65-43)17-61-41-35(55)31(51)27(47)23(15-45)63-41)9-5-6-10-20(2)12-8-14-22(4)40(60)68-44-38(58)34(54)30(50)26(66-44)18-62-42-36(56)32(52)28(48)24(16-46)64-42/h5-14,23-38,41-58H,15-18H2,1-4H3/b6-5+,11-7+,12-8?,19-9+,20-10?,21-13?,22-14?/t23-,24-,25-,26-,27-,28-,29-,30-,31+,32+,33+,34+,35-,36-,37-,38-,41-,42-,43+,44+/m1/s1. The Kier molecular flexibility index (Phi) is 22.2.